The number of likely N-dealkylation sites (tertiary alicyclic amines) is 2. The van der Waals surface area contributed by atoms with Crippen LogP contribution in [0, 0.1) is 5.92 Å². The van der Waals surface area contributed by atoms with Crippen molar-refractivity contribution in [2.24, 2.45) is 5.92 Å². The second-order valence-corrected chi connectivity index (χ2v) is 6.86. The minimum Gasteiger partial charge on any atom is -0.496 e. The van der Waals surface area contributed by atoms with Crippen LogP contribution in [0.1, 0.15) is 38.2 Å². The Morgan fingerprint density at radius 3 is 2.83 bits per heavy atom. The quantitative estimate of drug-likeness (QED) is 0.852. The van der Waals surface area contributed by atoms with Gasteiger partial charge in [-0.3, -0.25) is 9.59 Å². The van der Waals surface area contributed by atoms with Gasteiger partial charge in [-0.15, -0.1) is 0 Å². The van der Waals surface area contributed by atoms with Crippen LogP contribution >= 0.6 is 0 Å². The van der Waals surface area contributed by atoms with E-state index in [1.165, 1.54) is 6.42 Å². The Morgan fingerprint density at radius 2 is 2.08 bits per heavy atom. The van der Waals surface area contributed by atoms with Crippen molar-refractivity contribution in [3.63, 3.8) is 0 Å². The minimum atomic E-state index is -0.201. The maximum atomic E-state index is 12.8. The molecule has 2 aliphatic heterocycles. The van der Waals surface area contributed by atoms with Crippen LogP contribution in [0.25, 0.3) is 0 Å². The first kappa shape index (κ1) is 16.8. The largest absolute Gasteiger partial charge is 0.496 e. The summed E-state index contributed by atoms with van der Waals surface area (Å²) in [5.74, 6) is 0.791. The van der Waals surface area contributed by atoms with Gasteiger partial charge in [0.1, 0.15) is 5.75 Å². The van der Waals surface area contributed by atoms with E-state index in [2.05, 4.69) is 6.92 Å². The number of para-hydroxylation sites is 1. The molecule has 0 aliphatic carbocycles. The molecule has 2 saturated heterocycles. The number of nitrogens with zero attached hydrogens (tertiary/aromatic N) is 2. The maximum Gasteiger partial charge on any atom is 0.228 e. The number of carbonyl (C=O) groups is 2. The van der Waals surface area contributed by atoms with E-state index in [1.807, 2.05) is 29.2 Å². The molecule has 1 aromatic rings. The molecule has 3 rings (SSSR count). The van der Waals surface area contributed by atoms with Crippen LogP contribution in [-0.4, -0.2) is 47.9 Å². The Labute approximate surface area is 143 Å². The van der Waals surface area contributed by atoms with Gasteiger partial charge in [0, 0.05) is 37.7 Å². The highest BCUT2D eigenvalue weighted by molar-refractivity contribution is 5.89. The zero-order valence-electron chi connectivity index (χ0n) is 14.5. The first-order chi connectivity index (χ1) is 11.6. The van der Waals surface area contributed by atoms with Crippen molar-refractivity contribution in [1.29, 1.82) is 0 Å². The van der Waals surface area contributed by atoms with Crippen LogP contribution in [0.5, 0.6) is 5.75 Å². The first-order valence-corrected chi connectivity index (χ1v) is 8.80. The minimum absolute atomic E-state index is 0.0592. The molecule has 2 aliphatic rings. The van der Waals surface area contributed by atoms with E-state index in [-0.39, 0.29) is 17.7 Å². The molecular weight excluding hydrogens is 304 g/mol. The van der Waals surface area contributed by atoms with Gasteiger partial charge in [0.2, 0.25) is 11.8 Å². The van der Waals surface area contributed by atoms with E-state index in [9.17, 15) is 9.59 Å². The highest BCUT2D eigenvalue weighted by atomic mass is 16.5. The lowest BCUT2D eigenvalue weighted by Gasteiger charge is -2.35. The number of ether oxygens (including phenoxy) is 1. The predicted molar refractivity (Wildman–Crippen MR) is 91.5 cm³/mol. The lowest BCUT2D eigenvalue weighted by Crippen LogP contribution is -2.45. The Hall–Kier alpha value is -2.04. The van der Waals surface area contributed by atoms with Crippen LogP contribution in [0.2, 0.25) is 0 Å². The molecule has 5 nitrogen and oxygen atoms in total. The van der Waals surface area contributed by atoms with Crippen LogP contribution in [-0.2, 0) is 16.1 Å². The summed E-state index contributed by atoms with van der Waals surface area (Å²) >= 11 is 0. The summed E-state index contributed by atoms with van der Waals surface area (Å²) in [4.78, 5) is 28.9. The van der Waals surface area contributed by atoms with Crippen LogP contribution < -0.4 is 4.74 Å². The molecule has 2 atom stereocenters. The van der Waals surface area contributed by atoms with Crippen molar-refractivity contribution in [3.05, 3.63) is 29.8 Å². The molecule has 0 aromatic heterocycles. The molecule has 130 valence electrons. The SMILES string of the molecule is COc1ccccc1CN1C[C@@H](C(=O)N2CCCC[C@H]2C)CC1=O. The van der Waals surface area contributed by atoms with Crippen LogP contribution in [0.3, 0.4) is 0 Å². The van der Waals surface area contributed by atoms with Gasteiger partial charge >= 0.3 is 0 Å². The molecular formula is C19H26N2O3. The zero-order valence-corrected chi connectivity index (χ0v) is 14.5. The van der Waals surface area contributed by atoms with E-state index in [0.717, 1.165) is 30.7 Å². The summed E-state index contributed by atoms with van der Waals surface area (Å²) in [6.45, 7) is 3.96. The van der Waals surface area contributed by atoms with Crippen molar-refractivity contribution < 1.29 is 14.3 Å². The normalized spacial score (nSPS) is 24.3. The number of rotatable bonds is 4. The molecule has 0 saturated carbocycles. The first-order valence-electron chi connectivity index (χ1n) is 8.80. The summed E-state index contributed by atoms with van der Waals surface area (Å²) in [5.41, 5.74) is 0.979. The number of hydrogen-bond acceptors (Lipinski definition) is 3. The van der Waals surface area contributed by atoms with Gasteiger partial charge < -0.3 is 14.5 Å². The molecule has 2 amide bonds. The van der Waals surface area contributed by atoms with Gasteiger partial charge in [-0.1, -0.05) is 18.2 Å². The monoisotopic (exact) mass is 330 g/mol. The average molecular weight is 330 g/mol. The fraction of sp³-hybridized carbons (Fsp3) is 0.579. The fourth-order valence-corrected chi connectivity index (χ4v) is 3.79. The average Bonchev–Trinajstić information content (AvgIpc) is 2.96. The second-order valence-electron chi connectivity index (χ2n) is 6.86. The Bertz CT molecular complexity index is 616. The molecule has 2 fully saturated rings. The predicted octanol–water partition coefficient (Wildman–Crippen LogP) is 2.44. The molecule has 0 N–H and O–H groups in total. The lowest BCUT2D eigenvalue weighted by molar-refractivity contribution is -0.139. The zero-order chi connectivity index (χ0) is 17.1. The van der Waals surface area contributed by atoms with Crippen LogP contribution in [0.15, 0.2) is 24.3 Å². The van der Waals surface area contributed by atoms with Gasteiger partial charge in [0.15, 0.2) is 0 Å². The molecule has 1 aromatic carbocycles. The third kappa shape index (κ3) is 3.40. The molecule has 0 unspecified atom stereocenters. The van der Waals surface area contributed by atoms with Gasteiger partial charge in [-0.05, 0) is 32.3 Å². The number of benzene rings is 1. The van der Waals surface area contributed by atoms with E-state index in [1.54, 1.807) is 12.0 Å². The van der Waals surface area contributed by atoms with E-state index in [4.69, 9.17) is 4.74 Å². The molecule has 2 heterocycles. The highest BCUT2D eigenvalue weighted by Crippen LogP contribution is 2.27. The molecule has 0 bridgehead atoms. The summed E-state index contributed by atoms with van der Waals surface area (Å²) in [6.07, 6.45) is 3.66. The van der Waals surface area contributed by atoms with Gasteiger partial charge in [-0.25, -0.2) is 0 Å². The van der Waals surface area contributed by atoms with Crippen molar-refractivity contribution in [2.45, 2.75) is 45.2 Å². The molecule has 0 spiro atoms. The van der Waals surface area contributed by atoms with Gasteiger partial charge in [-0.2, -0.15) is 0 Å². The van der Waals surface area contributed by atoms with E-state index in [0.29, 0.717) is 25.6 Å². The van der Waals surface area contributed by atoms with Gasteiger partial charge in [0.25, 0.3) is 0 Å². The number of methoxy groups -OCH3 is 1. The van der Waals surface area contributed by atoms with E-state index < -0.39 is 0 Å². The van der Waals surface area contributed by atoms with Gasteiger partial charge in [0.05, 0.1) is 13.0 Å². The summed E-state index contributed by atoms with van der Waals surface area (Å²) < 4.78 is 5.36. The highest BCUT2D eigenvalue weighted by Gasteiger charge is 2.38. The lowest BCUT2D eigenvalue weighted by atomic mass is 9.99. The summed E-state index contributed by atoms with van der Waals surface area (Å²) in [7, 11) is 1.63. The Balaban J connectivity index is 1.66. The standard InChI is InChI=1S/C19H26N2O3/c1-14-7-5-6-10-21(14)19(23)16-11-18(22)20(13-16)12-15-8-3-4-9-17(15)24-2/h3-4,8-9,14,16H,5-7,10-13H2,1-2H3/t14-,16+/m1/s1. The number of amides is 2. The maximum absolute atomic E-state index is 12.8. The van der Waals surface area contributed by atoms with E-state index >= 15 is 0 Å². The Kier molecular flexibility index (Phi) is 5.07. The molecule has 5 heteroatoms. The second kappa shape index (κ2) is 7.24. The van der Waals surface area contributed by atoms with Crippen molar-refractivity contribution in [3.8, 4) is 5.75 Å². The Morgan fingerprint density at radius 1 is 1.29 bits per heavy atom. The van der Waals surface area contributed by atoms with Crippen molar-refractivity contribution in [1.82, 2.24) is 9.80 Å². The summed E-state index contributed by atoms with van der Waals surface area (Å²) in [6, 6.07) is 8.01. The topological polar surface area (TPSA) is 49.9 Å². The molecule has 24 heavy (non-hydrogen) atoms. The van der Waals surface area contributed by atoms with Crippen molar-refractivity contribution >= 4 is 11.8 Å². The third-order valence-corrected chi connectivity index (χ3v) is 5.20. The van der Waals surface area contributed by atoms with Crippen LogP contribution in [0.4, 0.5) is 0 Å². The fourth-order valence-electron chi connectivity index (χ4n) is 3.79. The summed E-state index contributed by atoms with van der Waals surface area (Å²) in [5, 5.41) is 0. The molecule has 0 radical (unpaired) electrons. The number of hydrogen-bond donors (Lipinski definition) is 0. The van der Waals surface area contributed by atoms with Crippen molar-refractivity contribution in [2.75, 3.05) is 20.2 Å². The number of carbonyl (C=O) groups excluding carboxylic acids is 2. The smallest absolute Gasteiger partial charge is 0.228 e. The number of piperidine rings is 1. The third-order valence-electron chi connectivity index (χ3n) is 5.20.